The van der Waals surface area contributed by atoms with Gasteiger partial charge in [0.15, 0.2) is 0 Å². The fraction of sp³-hybridized carbons (Fsp3) is 0.846. The Labute approximate surface area is 98.3 Å². The Kier molecular flexibility index (Phi) is 3.86. The molecule has 0 aromatic heterocycles. The summed E-state index contributed by atoms with van der Waals surface area (Å²) in [6, 6.07) is 0.123. The molecule has 0 amide bonds. The quantitative estimate of drug-likeness (QED) is 0.724. The van der Waals surface area contributed by atoms with Crippen LogP contribution < -0.4 is 5.73 Å². The molecule has 3 heteroatoms. The first-order chi connectivity index (χ1) is 7.79. The fourth-order valence-electron chi connectivity index (χ4n) is 3.23. The lowest BCUT2D eigenvalue weighted by molar-refractivity contribution is -0.0300. The molecule has 0 aromatic carbocycles. The molecule has 3 nitrogen and oxygen atoms in total. The average molecular weight is 222 g/mol. The zero-order valence-electron chi connectivity index (χ0n) is 9.95. The Morgan fingerprint density at radius 3 is 2.50 bits per heavy atom. The molecule has 0 spiro atoms. The van der Waals surface area contributed by atoms with Crippen LogP contribution in [0.25, 0.3) is 0 Å². The molecule has 1 heterocycles. The predicted octanol–water partition coefficient (Wildman–Crippen LogP) is 0.982. The van der Waals surface area contributed by atoms with Crippen LogP contribution in [0.3, 0.4) is 0 Å². The van der Waals surface area contributed by atoms with Crippen LogP contribution in [0.2, 0.25) is 0 Å². The maximum absolute atomic E-state index is 6.33. The Morgan fingerprint density at radius 1 is 1.31 bits per heavy atom. The van der Waals surface area contributed by atoms with E-state index in [4.69, 9.17) is 16.9 Å². The highest BCUT2D eigenvalue weighted by molar-refractivity contribution is 5.06. The molecule has 2 fully saturated rings. The van der Waals surface area contributed by atoms with Crippen LogP contribution in [-0.4, -0.2) is 42.8 Å². The van der Waals surface area contributed by atoms with Crippen LogP contribution in [-0.2, 0) is 4.74 Å². The number of morpholine rings is 1. The molecule has 0 bridgehead atoms. The summed E-state index contributed by atoms with van der Waals surface area (Å²) >= 11 is 0. The maximum Gasteiger partial charge on any atom is 0.0594 e. The molecular formula is C13H22N2O. The zero-order valence-corrected chi connectivity index (χ0v) is 9.95. The second-order valence-electron chi connectivity index (χ2n) is 4.92. The van der Waals surface area contributed by atoms with Gasteiger partial charge in [0.25, 0.3) is 0 Å². The molecule has 90 valence electrons. The lowest BCUT2D eigenvalue weighted by atomic mass is 9.84. The van der Waals surface area contributed by atoms with Gasteiger partial charge in [-0.25, -0.2) is 0 Å². The SMILES string of the molecule is C#CCC(N)C1(N2CCOCC2)CCCC1. The first kappa shape index (κ1) is 11.9. The van der Waals surface area contributed by atoms with Crippen LogP contribution in [0.4, 0.5) is 0 Å². The molecule has 2 N–H and O–H groups in total. The number of nitrogens with zero attached hydrogens (tertiary/aromatic N) is 1. The van der Waals surface area contributed by atoms with Crippen molar-refractivity contribution in [2.45, 2.75) is 43.7 Å². The van der Waals surface area contributed by atoms with Crippen molar-refractivity contribution in [3.8, 4) is 12.3 Å². The number of ether oxygens (including phenoxy) is 1. The van der Waals surface area contributed by atoms with Crippen LogP contribution in [0.5, 0.6) is 0 Å². The van der Waals surface area contributed by atoms with Crippen LogP contribution in [0.1, 0.15) is 32.1 Å². The molecule has 1 atom stereocenters. The van der Waals surface area contributed by atoms with Gasteiger partial charge >= 0.3 is 0 Å². The Balaban J connectivity index is 2.10. The van der Waals surface area contributed by atoms with E-state index in [1.54, 1.807) is 0 Å². The van der Waals surface area contributed by atoms with Gasteiger partial charge < -0.3 is 10.5 Å². The number of hydrogen-bond donors (Lipinski definition) is 1. The van der Waals surface area contributed by atoms with E-state index in [0.29, 0.717) is 6.42 Å². The van der Waals surface area contributed by atoms with Crippen molar-refractivity contribution in [2.75, 3.05) is 26.3 Å². The topological polar surface area (TPSA) is 38.5 Å². The summed E-state index contributed by atoms with van der Waals surface area (Å²) < 4.78 is 5.42. The largest absolute Gasteiger partial charge is 0.379 e. The van der Waals surface area contributed by atoms with Crippen LogP contribution >= 0.6 is 0 Å². The van der Waals surface area contributed by atoms with Crippen LogP contribution in [0, 0.1) is 12.3 Å². The summed E-state index contributed by atoms with van der Waals surface area (Å²) in [5.41, 5.74) is 6.49. The second kappa shape index (κ2) is 5.18. The minimum Gasteiger partial charge on any atom is -0.379 e. The summed E-state index contributed by atoms with van der Waals surface area (Å²) in [4.78, 5) is 2.53. The van der Waals surface area contributed by atoms with E-state index in [-0.39, 0.29) is 11.6 Å². The van der Waals surface area contributed by atoms with Gasteiger partial charge in [-0.1, -0.05) is 12.8 Å². The molecule has 1 saturated carbocycles. The molecule has 2 rings (SSSR count). The molecule has 1 saturated heterocycles. The summed E-state index contributed by atoms with van der Waals surface area (Å²) in [6.07, 6.45) is 11.1. The number of hydrogen-bond acceptors (Lipinski definition) is 3. The summed E-state index contributed by atoms with van der Waals surface area (Å²) in [6.45, 7) is 3.70. The molecule has 2 aliphatic rings. The van der Waals surface area contributed by atoms with Crippen molar-refractivity contribution >= 4 is 0 Å². The van der Waals surface area contributed by atoms with Crippen molar-refractivity contribution in [3.63, 3.8) is 0 Å². The van der Waals surface area contributed by atoms with Gasteiger partial charge in [0, 0.05) is 31.1 Å². The third-order valence-electron chi connectivity index (χ3n) is 4.14. The predicted molar refractivity (Wildman–Crippen MR) is 65.0 cm³/mol. The van der Waals surface area contributed by atoms with E-state index < -0.39 is 0 Å². The Hall–Kier alpha value is -0.560. The molecule has 1 aliphatic heterocycles. The Morgan fingerprint density at radius 2 is 1.94 bits per heavy atom. The Bertz CT molecular complexity index is 260. The van der Waals surface area contributed by atoms with Gasteiger partial charge in [-0.2, -0.15) is 0 Å². The van der Waals surface area contributed by atoms with E-state index in [0.717, 1.165) is 26.3 Å². The van der Waals surface area contributed by atoms with Gasteiger partial charge in [0.2, 0.25) is 0 Å². The third-order valence-corrected chi connectivity index (χ3v) is 4.14. The normalized spacial score (nSPS) is 27.5. The molecule has 0 aromatic rings. The van der Waals surface area contributed by atoms with Gasteiger partial charge in [0.05, 0.1) is 13.2 Å². The smallest absolute Gasteiger partial charge is 0.0594 e. The van der Waals surface area contributed by atoms with Crippen molar-refractivity contribution < 1.29 is 4.74 Å². The number of terminal acetylenes is 1. The first-order valence-electron chi connectivity index (χ1n) is 6.31. The highest BCUT2D eigenvalue weighted by Gasteiger charge is 2.44. The van der Waals surface area contributed by atoms with Crippen LogP contribution in [0.15, 0.2) is 0 Å². The summed E-state index contributed by atoms with van der Waals surface area (Å²) in [7, 11) is 0. The average Bonchev–Trinajstić information content (AvgIpc) is 2.81. The second-order valence-corrected chi connectivity index (χ2v) is 4.92. The van der Waals surface area contributed by atoms with Gasteiger partial charge in [-0.3, -0.25) is 4.90 Å². The third kappa shape index (κ3) is 2.10. The first-order valence-corrected chi connectivity index (χ1v) is 6.31. The van der Waals surface area contributed by atoms with E-state index in [9.17, 15) is 0 Å². The lowest BCUT2D eigenvalue weighted by Crippen LogP contribution is -2.61. The van der Waals surface area contributed by atoms with E-state index in [1.807, 2.05) is 0 Å². The van der Waals surface area contributed by atoms with Gasteiger partial charge in [0.1, 0.15) is 0 Å². The standard InChI is InChI=1S/C13H22N2O/c1-2-5-12(14)13(6-3-4-7-13)15-8-10-16-11-9-15/h1,12H,3-11,14H2. The summed E-state index contributed by atoms with van der Waals surface area (Å²) in [5.74, 6) is 2.73. The van der Waals surface area contributed by atoms with E-state index >= 15 is 0 Å². The molecule has 1 aliphatic carbocycles. The van der Waals surface area contributed by atoms with Crippen molar-refractivity contribution in [1.29, 1.82) is 0 Å². The van der Waals surface area contributed by atoms with E-state index in [1.165, 1.54) is 25.7 Å². The zero-order chi connectivity index (χ0) is 11.4. The molecule has 1 unspecified atom stereocenters. The molecule has 0 radical (unpaired) electrons. The number of rotatable bonds is 3. The molecular weight excluding hydrogens is 200 g/mol. The van der Waals surface area contributed by atoms with Gasteiger partial charge in [-0.15, -0.1) is 12.3 Å². The maximum atomic E-state index is 6.33. The minimum absolute atomic E-state index is 0.123. The van der Waals surface area contributed by atoms with Crippen molar-refractivity contribution in [1.82, 2.24) is 4.90 Å². The lowest BCUT2D eigenvalue weighted by Gasteiger charge is -2.46. The number of nitrogens with two attached hydrogens (primary N) is 1. The minimum atomic E-state index is 0.123. The van der Waals surface area contributed by atoms with Gasteiger partial charge in [-0.05, 0) is 12.8 Å². The van der Waals surface area contributed by atoms with Crippen molar-refractivity contribution in [2.24, 2.45) is 5.73 Å². The summed E-state index contributed by atoms with van der Waals surface area (Å²) in [5, 5.41) is 0. The fourth-order valence-corrected chi connectivity index (χ4v) is 3.23. The van der Waals surface area contributed by atoms with Crippen molar-refractivity contribution in [3.05, 3.63) is 0 Å². The highest BCUT2D eigenvalue weighted by Crippen LogP contribution is 2.38. The monoisotopic (exact) mass is 222 g/mol. The van der Waals surface area contributed by atoms with E-state index in [2.05, 4.69) is 10.8 Å². The highest BCUT2D eigenvalue weighted by atomic mass is 16.5. The molecule has 16 heavy (non-hydrogen) atoms.